The van der Waals surface area contributed by atoms with Crippen LogP contribution in [-0.4, -0.2) is 18.2 Å². The number of rotatable bonds is 7. The number of carbonyl (C=O) groups is 1. The molecular formula is C19H19Cl2NOS. The summed E-state index contributed by atoms with van der Waals surface area (Å²) in [5.74, 6) is 1.54. The van der Waals surface area contributed by atoms with Gasteiger partial charge in [-0.25, -0.2) is 0 Å². The van der Waals surface area contributed by atoms with Gasteiger partial charge in [-0.15, -0.1) is 0 Å². The monoisotopic (exact) mass is 379 g/mol. The van der Waals surface area contributed by atoms with E-state index in [1.54, 1.807) is 23.9 Å². The van der Waals surface area contributed by atoms with Gasteiger partial charge in [0.1, 0.15) is 0 Å². The number of aryl methyl sites for hydroxylation is 1. The van der Waals surface area contributed by atoms with Crippen molar-refractivity contribution in [2.75, 3.05) is 12.3 Å². The molecule has 0 aliphatic rings. The number of amides is 1. The van der Waals surface area contributed by atoms with Crippen molar-refractivity contribution < 1.29 is 4.79 Å². The van der Waals surface area contributed by atoms with Gasteiger partial charge in [-0.2, -0.15) is 11.8 Å². The van der Waals surface area contributed by atoms with Crippen LogP contribution in [0.2, 0.25) is 10.0 Å². The number of nitrogens with one attached hydrogen (secondary N) is 1. The first-order chi connectivity index (χ1) is 11.5. The maximum Gasteiger partial charge on any atom is 0.244 e. The van der Waals surface area contributed by atoms with Gasteiger partial charge in [0.2, 0.25) is 5.91 Å². The van der Waals surface area contributed by atoms with Gasteiger partial charge in [-0.05, 0) is 36.3 Å². The lowest BCUT2D eigenvalue weighted by Gasteiger charge is -2.05. The summed E-state index contributed by atoms with van der Waals surface area (Å²) in [7, 11) is 0. The molecule has 0 bridgehead atoms. The molecule has 0 heterocycles. The molecule has 0 spiro atoms. The molecular weight excluding hydrogens is 361 g/mol. The van der Waals surface area contributed by atoms with Crippen LogP contribution in [0.15, 0.2) is 48.5 Å². The molecule has 1 N–H and O–H groups in total. The molecule has 0 atom stereocenters. The van der Waals surface area contributed by atoms with E-state index in [9.17, 15) is 4.79 Å². The second-order valence-corrected chi connectivity index (χ2v) is 7.27. The zero-order valence-corrected chi connectivity index (χ0v) is 15.7. The summed E-state index contributed by atoms with van der Waals surface area (Å²) in [4.78, 5) is 11.8. The van der Waals surface area contributed by atoms with Gasteiger partial charge in [0.25, 0.3) is 0 Å². The van der Waals surface area contributed by atoms with Gasteiger partial charge in [0.05, 0.1) is 0 Å². The van der Waals surface area contributed by atoms with E-state index in [1.807, 2.05) is 49.4 Å². The van der Waals surface area contributed by atoms with Crippen molar-refractivity contribution in [2.24, 2.45) is 0 Å². The van der Waals surface area contributed by atoms with Gasteiger partial charge in [-0.3, -0.25) is 4.79 Å². The third kappa shape index (κ3) is 6.60. The average molecular weight is 380 g/mol. The maximum absolute atomic E-state index is 11.8. The largest absolute Gasteiger partial charge is 0.352 e. The summed E-state index contributed by atoms with van der Waals surface area (Å²) in [6.45, 7) is 2.65. The van der Waals surface area contributed by atoms with E-state index in [0.717, 1.165) is 22.6 Å². The molecule has 0 aliphatic heterocycles. The third-order valence-electron chi connectivity index (χ3n) is 3.32. The Morgan fingerprint density at radius 1 is 1.17 bits per heavy atom. The van der Waals surface area contributed by atoms with E-state index >= 15 is 0 Å². The number of halogens is 2. The van der Waals surface area contributed by atoms with E-state index in [-0.39, 0.29) is 5.91 Å². The first-order valence-electron chi connectivity index (χ1n) is 7.59. The highest BCUT2D eigenvalue weighted by atomic mass is 35.5. The molecule has 5 heteroatoms. The van der Waals surface area contributed by atoms with Crippen molar-refractivity contribution in [1.82, 2.24) is 5.32 Å². The maximum atomic E-state index is 11.8. The summed E-state index contributed by atoms with van der Waals surface area (Å²) < 4.78 is 0. The molecule has 0 aliphatic carbocycles. The van der Waals surface area contributed by atoms with Gasteiger partial charge < -0.3 is 5.32 Å². The standard InChI is InChI=1S/C19H19Cl2NOS/c1-14-2-4-15(5-3-14)6-9-19(23)22-10-11-24-13-16-7-8-17(20)12-18(16)21/h2-9,12H,10-11,13H2,1H3,(H,22,23). The Labute approximate surface area is 157 Å². The topological polar surface area (TPSA) is 29.1 Å². The summed E-state index contributed by atoms with van der Waals surface area (Å²) in [5.41, 5.74) is 3.27. The molecule has 2 nitrogen and oxygen atoms in total. The second kappa shape index (κ2) is 9.77. The van der Waals surface area contributed by atoms with Crippen LogP contribution in [0.5, 0.6) is 0 Å². The van der Waals surface area contributed by atoms with Crippen LogP contribution < -0.4 is 5.32 Å². The Balaban J connectivity index is 1.66. The minimum absolute atomic E-state index is 0.0827. The Bertz CT molecular complexity index is 714. The molecule has 24 heavy (non-hydrogen) atoms. The Morgan fingerprint density at radius 3 is 2.62 bits per heavy atom. The lowest BCUT2D eigenvalue weighted by atomic mass is 10.1. The van der Waals surface area contributed by atoms with E-state index in [2.05, 4.69) is 5.32 Å². The highest BCUT2D eigenvalue weighted by Crippen LogP contribution is 2.24. The van der Waals surface area contributed by atoms with Crippen molar-refractivity contribution in [1.29, 1.82) is 0 Å². The Morgan fingerprint density at radius 2 is 1.92 bits per heavy atom. The van der Waals surface area contributed by atoms with Crippen LogP contribution in [0, 0.1) is 6.92 Å². The molecule has 0 fully saturated rings. The van der Waals surface area contributed by atoms with Crippen LogP contribution in [-0.2, 0) is 10.5 Å². The summed E-state index contributed by atoms with van der Waals surface area (Å²) in [6.07, 6.45) is 3.38. The van der Waals surface area contributed by atoms with Crippen molar-refractivity contribution in [3.8, 4) is 0 Å². The van der Waals surface area contributed by atoms with Crippen LogP contribution in [0.4, 0.5) is 0 Å². The normalized spacial score (nSPS) is 11.0. The lowest BCUT2D eigenvalue weighted by molar-refractivity contribution is -0.116. The fraction of sp³-hybridized carbons (Fsp3) is 0.211. The van der Waals surface area contributed by atoms with Crippen LogP contribution in [0.25, 0.3) is 6.08 Å². The quantitative estimate of drug-likeness (QED) is 0.517. The van der Waals surface area contributed by atoms with Crippen LogP contribution in [0.1, 0.15) is 16.7 Å². The number of carbonyl (C=O) groups excluding carboxylic acids is 1. The Kier molecular flexibility index (Phi) is 7.70. The molecule has 126 valence electrons. The molecule has 0 radical (unpaired) electrons. The van der Waals surface area contributed by atoms with Crippen molar-refractivity contribution in [3.05, 3.63) is 75.3 Å². The number of hydrogen-bond donors (Lipinski definition) is 1. The SMILES string of the molecule is Cc1ccc(C=CC(=O)NCCSCc2ccc(Cl)cc2Cl)cc1. The molecule has 0 aromatic heterocycles. The molecule has 1 amide bonds. The van der Waals surface area contributed by atoms with Crippen LogP contribution in [0.3, 0.4) is 0 Å². The number of benzene rings is 2. The van der Waals surface area contributed by atoms with Gasteiger partial charge in [-0.1, -0.05) is 59.1 Å². The molecule has 0 unspecified atom stereocenters. The minimum Gasteiger partial charge on any atom is -0.352 e. The fourth-order valence-corrected chi connectivity index (χ4v) is 3.39. The van der Waals surface area contributed by atoms with Gasteiger partial charge in [0.15, 0.2) is 0 Å². The summed E-state index contributed by atoms with van der Waals surface area (Å²) in [6, 6.07) is 13.5. The number of thioether (sulfide) groups is 1. The molecule has 0 saturated carbocycles. The van der Waals surface area contributed by atoms with Gasteiger partial charge >= 0.3 is 0 Å². The number of hydrogen-bond acceptors (Lipinski definition) is 2. The highest BCUT2D eigenvalue weighted by Gasteiger charge is 2.02. The van der Waals surface area contributed by atoms with Crippen LogP contribution >= 0.6 is 35.0 Å². The first kappa shape index (κ1) is 18.9. The molecule has 2 aromatic carbocycles. The second-order valence-electron chi connectivity index (χ2n) is 5.32. The molecule has 0 saturated heterocycles. The summed E-state index contributed by atoms with van der Waals surface area (Å²) in [5, 5.41) is 4.19. The van der Waals surface area contributed by atoms with E-state index < -0.39 is 0 Å². The predicted octanol–water partition coefficient (Wildman–Crippen LogP) is 5.36. The zero-order valence-electron chi connectivity index (χ0n) is 13.4. The van der Waals surface area contributed by atoms with E-state index in [1.165, 1.54) is 5.56 Å². The smallest absolute Gasteiger partial charge is 0.244 e. The highest BCUT2D eigenvalue weighted by molar-refractivity contribution is 7.98. The predicted molar refractivity (Wildman–Crippen MR) is 106 cm³/mol. The molecule has 2 rings (SSSR count). The van der Waals surface area contributed by atoms with Crippen molar-refractivity contribution in [2.45, 2.75) is 12.7 Å². The molecule has 2 aromatic rings. The van der Waals surface area contributed by atoms with Crippen molar-refractivity contribution >= 4 is 46.9 Å². The zero-order chi connectivity index (χ0) is 17.4. The van der Waals surface area contributed by atoms with Gasteiger partial charge in [0, 0.05) is 34.2 Å². The van der Waals surface area contributed by atoms with Crippen molar-refractivity contribution in [3.63, 3.8) is 0 Å². The summed E-state index contributed by atoms with van der Waals surface area (Å²) >= 11 is 13.7. The lowest BCUT2D eigenvalue weighted by Crippen LogP contribution is -2.23. The van der Waals surface area contributed by atoms with E-state index in [4.69, 9.17) is 23.2 Å². The minimum atomic E-state index is -0.0827. The third-order valence-corrected chi connectivity index (χ3v) is 4.92. The van der Waals surface area contributed by atoms with E-state index in [0.29, 0.717) is 16.6 Å². The fourth-order valence-electron chi connectivity index (χ4n) is 1.98. The first-order valence-corrected chi connectivity index (χ1v) is 9.50. The Hall–Kier alpha value is -1.42. The average Bonchev–Trinajstić information content (AvgIpc) is 2.56.